The summed E-state index contributed by atoms with van der Waals surface area (Å²) >= 11 is 0. The highest BCUT2D eigenvalue weighted by molar-refractivity contribution is 5.78. The second-order valence-electron chi connectivity index (χ2n) is 5.73. The van der Waals surface area contributed by atoms with Gasteiger partial charge in [-0.15, -0.1) is 0 Å². The fraction of sp³-hybridized carbons (Fsp3) is 0.444. The van der Waals surface area contributed by atoms with Gasteiger partial charge < -0.3 is 15.0 Å². The number of hydrogen-bond acceptors (Lipinski definition) is 3. The zero-order chi connectivity index (χ0) is 16.7. The number of piperidine rings is 1. The van der Waals surface area contributed by atoms with Crippen LogP contribution in [0, 0.1) is 12.8 Å². The number of hydrogen-bond donors (Lipinski definition) is 1. The van der Waals surface area contributed by atoms with Crippen molar-refractivity contribution < 1.29 is 14.3 Å². The third kappa shape index (κ3) is 5.13. The summed E-state index contributed by atoms with van der Waals surface area (Å²) < 4.78 is 5.05. The number of esters is 1. The van der Waals surface area contributed by atoms with Gasteiger partial charge in [0.25, 0.3) is 0 Å². The lowest BCUT2D eigenvalue weighted by molar-refractivity contribution is -0.149. The van der Waals surface area contributed by atoms with Crippen molar-refractivity contribution in [3.8, 4) is 0 Å². The van der Waals surface area contributed by atoms with E-state index >= 15 is 0 Å². The Balaban J connectivity index is 1.85. The van der Waals surface area contributed by atoms with Crippen molar-refractivity contribution in [3.05, 3.63) is 41.6 Å². The molecule has 1 heterocycles. The molecule has 2 amide bonds. The molecule has 1 saturated heterocycles. The lowest BCUT2D eigenvalue weighted by Crippen LogP contribution is -2.46. The van der Waals surface area contributed by atoms with E-state index in [1.165, 1.54) is 5.56 Å². The van der Waals surface area contributed by atoms with Gasteiger partial charge in [-0.3, -0.25) is 4.79 Å². The first-order valence-electron chi connectivity index (χ1n) is 8.05. The fourth-order valence-electron chi connectivity index (χ4n) is 2.59. The van der Waals surface area contributed by atoms with Crippen molar-refractivity contribution in [3.63, 3.8) is 0 Å². The number of nitrogens with zero attached hydrogens (tertiary/aromatic N) is 1. The second-order valence-corrected chi connectivity index (χ2v) is 5.73. The summed E-state index contributed by atoms with van der Waals surface area (Å²) in [6.45, 7) is 5.29. The maximum Gasteiger partial charge on any atom is 0.321 e. The summed E-state index contributed by atoms with van der Waals surface area (Å²) in [6.07, 6.45) is 5.09. The highest BCUT2D eigenvalue weighted by Gasteiger charge is 2.28. The molecule has 1 aromatic carbocycles. The minimum absolute atomic E-state index is 0.178. The van der Waals surface area contributed by atoms with Crippen molar-refractivity contribution >= 4 is 18.1 Å². The molecule has 1 unspecified atom stereocenters. The van der Waals surface area contributed by atoms with Crippen molar-refractivity contribution in [1.82, 2.24) is 10.2 Å². The molecule has 2 rings (SSSR count). The van der Waals surface area contributed by atoms with Crippen LogP contribution in [0.4, 0.5) is 4.79 Å². The summed E-state index contributed by atoms with van der Waals surface area (Å²) in [7, 11) is 0. The number of ether oxygens (including phenoxy) is 1. The van der Waals surface area contributed by atoms with Crippen LogP contribution in [0.25, 0.3) is 6.08 Å². The number of aryl methyl sites for hydroxylation is 1. The van der Waals surface area contributed by atoms with Crippen LogP contribution in [0.1, 0.15) is 30.9 Å². The first kappa shape index (κ1) is 17.1. The first-order valence-corrected chi connectivity index (χ1v) is 8.05. The molecule has 124 valence electrons. The number of rotatable bonds is 4. The Kier molecular flexibility index (Phi) is 6.20. The molecular weight excluding hydrogens is 292 g/mol. The van der Waals surface area contributed by atoms with Gasteiger partial charge in [-0.25, -0.2) is 4.79 Å². The molecule has 0 saturated carbocycles. The van der Waals surface area contributed by atoms with E-state index in [0.717, 1.165) is 18.4 Å². The average molecular weight is 316 g/mol. The standard InChI is InChI=1S/C18H24N2O3/c1-3-23-17(21)16-5-4-12-20(13-16)18(22)19-11-10-15-8-6-14(2)7-9-15/h6-11,16H,3-5,12-13H2,1-2H3,(H,19,22)/b11-10+. The smallest absolute Gasteiger partial charge is 0.321 e. The Hall–Kier alpha value is -2.30. The molecule has 1 aliphatic rings. The van der Waals surface area contributed by atoms with Gasteiger partial charge in [0.15, 0.2) is 0 Å². The predicted octanol–water partition coefficient (Wildman–Crippen LogP) is 2.95. The third-order valence-corrected chi connectivity index (χ3v) is 3.89. The molecule has 0 aliphatic carbocycles. The maximum atomic E-state index is 12.2. The number of carbonyl (C=O) groups excluding carboxylic acids is 2. The minimum atomic E-state index is -0.212. The number of carbonyl (C=O) groups is 2. The minimum Gasteiger partial charge on any atom is -0.466 e. The number of amides is 2. The van der Waals surface area contributed by atoms with Crippen LogP contribution in [0.15, 0.2) is 30.5 Å². The SMILES string of the molecule is CCOC(=O)C1CCCN(C(=O)N/C=C/c2ccc(C)cc2)C1. The average Bonchev–Trinajstić information content (AvgIpc) is 2.57. The van der Waals surface area contributed by atoms with E-state index in [2.05, 4.69) is 5.32 Å². The molecule has 1 aliphatic heterocycles. The third-order valence-electron chi connectivity index (χ3n) is 3.89. The van der Waals surface area contributed by atoms with Crippen LogP contribution in [0.2, 0.25) is 0 Å². The zero-order valence-corrected chi connectivity index (χ0v) is 13.7. The Labute approximate surface area is 137 Å². The molecule has 1 N–H and O–H groups in total. The molecule has 5 heteroatoms. The Bertz CT molecular complexity index is 566. The van der Waals surface area contributed by atoms with Gasteiger partial charge in [0.1, 0.15) is 0 Å². The van der Waals surface area contributed by atoms with E-state index in [4.69, 9.17) is 4.74 Å². The van der Waals surface area contributed by atoms with E-state index in [-0.39, 0.29) is 17.9 Å². The number of urea groups is 1. The zero-order valence-electron chi connectivity index (χ0n) is 13.7. The molecule has 5 nitrogen and oxygen atoms in total. The fourth-order valence-corrected chi connectivity index (χ4v) is 2.59. The molecule has 1 atom stereocenters. The monoisotopic (exact) mass is 316 g/mol. The molecule has 23 heavy (non-hydrogen) atoms. The van der Waals surface area contributed by atoms with Crippen LogP contribution >= 0.6 is 0 Å². The number of benzene rings is 1. The van der Waals surface area contributed by atoms with Gasteiger partial charge in [-0.1, -0.05) is 29.8 Å². The highest BCUT2D eigenvalue weighted by Crippen LogP contribution is 2.18. The van der Waals surface area contributed by atoms with Crippen LogP contribution in [0.3, 0.4) is 0 Å². The highest BCUT2D eigenvalue weighted by atomic mass is 16.5. The van der Waals surface area contributed by atoms with Crippen LogP contribution < -0.4 is 5.32 Å². The van der Waals surface area contributed by atoms with Gasteiger partial charge >= 0.3 is 12.0 Å². The summed E-state index contributed by atoms with van der Waals surface area (Å²) in [5.41, 5.74) is 2.23. The Morgan fingerprint density at radius 3 is 2.78 bits per heavy atom. The number of nitrogens with one attached hydrogen (secondary N) is 1. The van der Waals surface area contributed by atoms with Gasteiger partial charge in [0.2, 0.25) is 0 Å². The first-order chi connectivity index (χ1) is 11.1. The van der Waals surface area contributed by atoms with Crippen LogP contribution in [0.5, 0.6) is 0 Å². The van der Waals surface area contributed by atoms with Crippen molar-refractivity contribution in [1.29, 1.82) is 0 Å². The van der Waals surface area contributed by atoms with E-state index in [0.29, 0.717) is 19.7 Å². The Morgan fingerprint density at radius 1 is 1.35 bits per heavy atom. The molecular formula is C18H24N2O3. The van der Waals surface area contributed by atoms with Crippen molar-refractivity contribution in [2.45, 2.75) is 26.7 Å². The normalized spacial score (nSPS) is 18.0. The van der Waals surface area contributed by atoms with E-state index in [1.54, 1.807) is 18.0 Å². The van der Waals surface area contributed by atoms with E-state index in [9.17, 15) is 9.59 Å². The quantitative estimate of drug-likeness (QED) is 0.869. The number of likely N-dealkylation sites (tertiary alicyclic amines) is 1. The molecule has 1 fully saturated rings. The maximum absolute atomic E-state index is 12.2. The van der Waals surface area contributed by atoms with Crippen molar-refractivity contribution in [2.75, 3.05) is 19.7 Å². The van der Waals surface area contributed by atoms with Gasteiger partial charge in [0, 0.05) is 19.3 Å². The second kappa shape index (κ2) is 8.36. The predicted molar refractivity (Wildman–Crippen MR) is 89.7 cm³/mol. The lowest BCUT2D eigenvalue weighted by atomic mass is 9.98. The van der Waals surface area contributed by atoms with Crippen LogP contribution in [-0.4, -0.2) is 36.6 Å². The lowest BCUT2D eigenvalue weighted by Gasteiger charge is -2.31. The molecule has 1 aromatic rings. The van der Waals surface area contributed by atoms with E-state index in [1.807, 2.05) is 37.3 Å². The van der Waals surface area contributed by atoms with Crippen molar-refractivity contribution in [2.24, 2.45) is 5.92 Å². The van der Waals surface area contributed by atoms with Gasteiger partial charge in [-0.2, -0.15) is 0 Å². The largest absolute Gasteiger partial charge is 0.466 e. The van der Waals surface area contributed by atoms with Gasteiger partial charge in [-0.05, 0) is 38.3 Å². The molecule has 0 radical (unpaired) electrons. The summed E-state index contributed by atoms with van der Waals surface area (Å²) in [5.74, 6) is -0.421. The Morgan fingerprint density at radius 2 is 2.09 bits per heavy atom. The summed E-state index contributed by atoms with van der Waals surface area (Å²) in [5, 5.41) is 2.76. The molecule has 0 spiro atoms. The topological polar surface area (TPSA) is 58.6 Å². The molecule has 0 aromatic heterocycles. The van der Waals surface area contributed by atoms with Crippen LogP contribution in [-0.2, 0) is 9.53 Å². The van der Waals surface area contributed by atoms with Gasteiger partial charge in [0.05, 0.1) is 12.5 Å². The summed E-state index contributed by atoms with van der Waals surface area (Å²) in [6, 6.07) is 7.86. The molecule has 0 bridgehead atoms. The summed E-state index contributed by atoms with van der Waals surface area (Å²) in [4.78, 5) is 25.6. The van der Waals surface area contributed by atoms with E-state index < -0.39 is 0 Å².